The van der Waals surface area contributed by atoms with Crippen LogP contribution < -0.4 is 0 Å². The van der Waals surface area contributed by atoms with Crippen molar-refractivity contribution >= 4 is 11.6 Å². The van der Waals surface area contributed by atoms with Gasteiger partial charge in [0.1, 0.15) is 11.6 Å². The first-order valence-corrected chi connectivity index (χ1v) is 8.12. The second-order valence-corrected chi connectivity index (χ2v) is 6.31. The molecule has 110 valence electrons. The van der Waals surface area contributed by atoms with Gasteiger partial charge >= 0.3 is 0 Å². The summed E-state index contributed by atoms with van der Waals surface area (Å²) in [6.45, 7) is 6.37. The van der Waals surface area contributed by atoms with Crippen LogP contribution in [0.2, 0.25) is 0 Å². The van der Waals surface area contributed by atoms with Gasteiger partial charge < -0.3 is 0 Å². The second-order valence-electron chi connectivity index (χ2n) is 6.31. The third-order valence-corrected chi connectivity index (χ3v) is 4.78. The van der Waals surface area contributed by atoms with E-state index < -0.39 is 0 Å². The number of rotatable bonds is 9. The normalized spacial score (nSPS) is 26.9. The fourth-order valence-electron chi connectivity index (χ4n) is 3.37. The van der Waals surface area contributed by atoms with Gasteiger partial charge in [-0.05, 0) is 19.3 Å². The van der Waals surface area contributed by atoms with Crippen LogP contribution in [0.3, 0.4) is 0 Å². The molecule has 0 amide bonds. The minimum atomic E-state index is -0.349. The lowest BCUT2D eigenvalue weighted by atomic mass is 9.72. The maximum absolute atomic E-state index is 12.4. The van der Waals surface area contributed by atoms with Gasteiger partial charge in [0, 0.05) is 24.2 Å². The zero-order chi connectivity index (χ0) is 14.3. The van der Waals surface area contributed by atoms with Gasteiger partial charge in [0.25, 0.3) is 0 Å². The van der Waals surface area contributed by atoms with Gasteiger partial charge in [0.2, 0.25) is 0 Å². The Balaban J connectivity index is 2.59. The predicted molar refractivity (Wildman–Crippen MR) is 79.1 cm³/mol. The Kier molecular flexibility index (Phi) is 6.74. The third kappa shape index (κ3) is 4.15. The van der Waals surface area contributed by atoms with Crippen LogP contribution in [0.5, 0.6) is 0 Å². The Hall–Kier alpha value is -0.660. The molecule has 0 radical (unpaired) electrons. The van der Waals surface area contributed by atoms with Crippen LogP contribution in [-0.4, -0.2) is 11.6 Å². The van der Waals surface area contributed by atoms with Crippen LogP contribution >= 0.6 is 0 Å². The maximum Gasteiger partial charge on any atom is 0.139 e. The molecule has 1 rings (SSSR count). The quantitative estimate of drug-likeness (QED) is 0.567. The molecule has 0 spiro atoms. The zero-order valence-corrected chi connectivity index (χ0v) is 13.0. The molecule has 0 aliphatic heterocycles. The largest absolute Gasteiger partial charge is 0.299 e. The van der Waals surface area contributed by atoms with Crippen molar-refractivity contribution in [1.82, 2.24) is 0 Å². The summed E-state index contributed by atoms with van der Waals surface area (Å²) in [5.74, 6) is 0.685. The Bertz CT molecular complexity index is 308. The van der Waals surface area contributed by atoms with E-state index in [1.54, 1.807) is 0 Å². The molecular weight excluding hydrogens is 236 g/mol. The number of hydrogen-bond acceptors (Lipinski definition) is 2. The van der Waals surface area contributed by atoms with Crippen molar-refractivity contribution < 1.29 is 9.59 Å². The molecule has 0 bridgehead atoms. The van der Waals surface area contributed by atoms with E-state index in [2.05, 4.69) is 13.8 Å². The molecule has 1 aliphatic rings. The molecule has 2 atom stereocenters. The molecule has 2 heteroatoms. The van der Waals surface area contributed by atoms with Crippen molar-refractivity contribution in [3.05, 3.63) is 0 Å². The summed E-state index contributed by atoms with van der Waals surface area (Å²) < 4.78 is 0. The van der Waals surface area contributed by atoms with E-state index in [1.165, 1.54) is 12.8 Å². The Morgan fingerprint density at radius 3 is 2.42 bits per heavy atom. The van der Waals surface area contributed by atoms with E-state index in [4.69, 9.17) is 0 Å². The molecule has 0 heterocycles. The van der Waals surface area contributed by atoms with Crippen LogP contribution in [0.4, 0.5) is 0 Å². The van der Waals surface area contributed by atoms with E-state index in [0.717, 1.165) is 38.5 Å². The maximum atomic E-state index is 12.4. The molecule has 0 aromatic heterocycles. The molecular formula is C17H30O2. The second kappa shape index (κ2) is 7.81. The number of hydrogen-bond donors (Lipinski definition) is 0. The smallest absolute Gasteiger partial charge is 0.139 e. The van der Waals surface area contributed by atoms with Gasteiger partial charge in [-0.1, -0.05) is 52.9 Å². The van der Waals surface area contributed by atoms with Gasteiger partial charge in [0.05, 0.1) is 0 Å². The van der Waals surface area contributed by atoms with Crippen molar-refractivity contribution in [1.29, 1.82) is 0 Å². The molecule has 19 heavy (non-hydrogen) atoms. The van der Waals surface area contributed by atoms with Crippen LogP contribution in [0.25, 0.3) is 0 Å². The highest BCUT2D eigenvalue weighted by Crippen LogP contribution is 2.45. The standard InChI is InChI=1S/C17H30O2/c1-4-6-8-10-15(18)14-11-12-16(19)17(14,3)13-9-7-5-2/h14H,4-13H2,1-3H3. The summed E-state index contributed by atoms with van der Waals surface area (Å²) in [4.78, 5) is 24.5. The zero-order valence-electron chi connectivity index (χ0n) is 13.0. The average molecular weight is 266 g/mol. The minimum Gasteiger partial charge on any atom is -0.299 e. The van der Waals surface area contributed by atoms with Crippen molar-refractivity contribution in [2.24, 2.45) is 11.3 Å². The number of Topliss-reactive ketones (excluding diaryl/α,β-unsaturated/α-hetero) is 2. The first-order chi connectivity index (χ1) is 9.06. The summed E-state index contributed by atoms with van der Waals surface area (Å²) >= 11 is 0. The molecule has 0 N–H and O–H groups in total. The van der Waals surface area contributed by atoms with E-state index >= 15 is 0 Å². The summed E-state index contributed by atoms with van der Waals surface area (Å²) in [7, 11) is 0. The van der Waals surface area contributed by atoms with E-state index in [9.17, 15) is 9.59 Å². The Labute approximate surface area is 118 Å². The van der Waals surface area contributed by atoms with Crippen molar-refractivity contribution in [3.8, 4) is 0 Å². The minimum absolute atomic E-state index is 0.00807. The van der Waals surface area contributed by atoms with Gasteiger partial charge in [-0.3, -0.25) is 9.59 Å². The van der Waals surface area contributed by atoms with Gasteiger partial charge in [-0.2, -0.15) is 0 Å². The molecule has 2 unspecified atom stereocenters. The highest BCUT2D eigenvalue weighted by Gasteiger charge is 2.48. The third-order valence-electron chi connectivity index (χ3n) is 4.78. The fraction of sp³-hybridized carbons (Fsp3) is 0.882. The summed E-state index contributed by atoms with van der Waals surface area (Å²) in [5, 5.41) is 0. The molecule has 1 aliphatic carbocycles. The monoisotopic (exact) mass is 266 g/mol. The van der Waals surface area contributed by atoms with Crippen molar-refractivity contribution in [2.45, 2.75) is 85.0 Å². The number of unbranched alkanes of at least 4 members (excludes halogenated alkanes) is 4. The van der Waals surface area contributed by atoms with E-state index in [1.807, 2.05) is 6.92 Å². The number of carbonyl (C=O) groups is 2. The SMILES string of the molecule is CCCCCC(=O)C1CCC(=O)C1(C)CCCCC. The first kappa shape index (κ1) is 16.4. The summed E-state index contributed by atoms with van der Waals surface area (Å²) in [6.07, 6.45) is 9.67. The van der Waals surface area contributed by atoms with E-state index in [0.29, 0.717) is 24.4 Å². The fourth-order valence-corrected chi connectivity index (χ4v) is 3.37. The van der Waals surface area contributed by atoms with Crippen molar-refractivity contribution in [3.63, 3.8) is 0 Å². The lowest BCUT2D eigenvalue weighted by Gasteiger charge is -2.29. The molecule has 0 aromatic carbocycles. The van der Waals surface area contributed by atoms with Gasteiger partial charge in [0.15, 0.2) is 0 Å². The van der Waals surface area contributed by atoms with Crippen molar-refractivity contribution in [2.75, 3.05) is 0 Å². The van der Waals surface area contributed by atoms with Crippen LogP contribution in [-0.2, 0) is 9.59 Å². The van der Waals surface area contributed by atoms with Crippen LogP contribution in [0, 0.1) is 11.3 Å². The molecule has 1 saturated carbocycles. The molecule has 0 aromatic rings. The predicted octanol–water partition coefficient (Wildman–Crippen LogP) is 4.70. The number of carbonyl (C=O) groups excluding carboxylic acids is 2. The van der Waals surface area contributed by atoms with Gasteiger partial charge in [-0.15, -0.1) is 0 Å². The first-order valence-electron chi connectivity index (χ1n) is 8.12. The highest BCUT2D eigenvalue weighted by atomic mass is 16.1. The lowest BCUT2D eigenvalue weighted by Crippen LogP contribution is -2.33. The Morgan fingerprint density at radius 1 is 1.16 bits per heavy atom. The average Bonchev–Trinajstić information content (AvgIpc) is 2.67. The van der Waals surface area contributed by atoms with Crippen LogP contribution in [0.15, 0.2) is 0 Å². The van der Waals surface area contributed by atoms with E-state index in [-0.39, 0.29) is 11.3 Å². The molecule has 2 nitrogen and oxygen atoms in total. The number of ketones is 2. The summed E-state index contributed by atoms with van der Waals surface area (Å²) in [5.41, 5.74) is -0.349. The molecule has 1 fully saturated rings. The lowest BCUT2D eigenvalue weighted by molar-refractivity contribution is -0.134. The topological polar surface area (TPSA) is 34.1 Å². The summed E-state index contributed by atoms with van der Waals surface area (Å²) in [6, 6.07) is 0. The Morgan fingerprint density at radius 2 is 1.79 bits per heavy atom. The highest BCUT2D eigenvalue weighted by molar-refractivity contribution is 5.95. The van der Waals surface area contributed by atoms with Crippen LogP contribution in [0.1, 0.15) is 85.0 Å². The molecule has 0 saturated heterocycles. The van der Waals surface area contributed by atoms with Gasteiger partial charge in [-0.25, -0.2) is 0 Å².